The van der Waals surface area contributed by atoms with Gasteiger partial charge in [0.2, 0.25) is 5.91 Å². The number of aliphatic hydroxyl groups is 11. The maximum Gasteiger partial charge on any atom is 0.220 e. The van der Waals surface area contributed by atoms with Crippen LogP contribution in [0.3, 0.4) is 0 Å². The lowest BCUT2D eigenvalue weighted by Gasteiger charge is -2.48. The van der Waals surface area contributed by atoms with Gasteiger partial charge in [-0.15, -0.1) is 0 Å². The van der Waals surface area contributed by atoms with Crippen LogP contribution in [0, 0.1) is 0 Å². The highest BCUT2D eigenvalue weighted by Crippen LogP contribution is 2.33. The summed E-state index contributed by atoms with van der Waals surface area (Å²) in [7, 11) is 0. The summed E-state index contributed by atoms with van der Waals surface area (Å²) in [5.41, 5.74) is 0. The smallest absolute Gasteiger partial charge is 0.220 e. The highest BCUT2D eigenvalue weighted by Gasteiger charge is 2.54. The zero-order chi connectivity index (χ0) is 74.6. The molecule has 0 aliphatic carbocycles. The molecule has 12 N–H and O–H groups in total. The number of allylic oxidation sites excluding steroid dienone is 5. The molecule has 17 unspecified atom stereocenters. The Morgan fingerprint density at radius 3 is 0.990 bits per heavy atom. The zero-order valence-corrected chi connectivity index (χ0v) is 65.1. The summed E-state index contributed by atoms with van der Waals surface area (Å²) in [5.74, 6) is -0.268. The van der Waals surface area contributed by atoms with E-state index in [0.29, 0.717) is 6.42 Å². The van der Waals surface area contributed by atoms with Gasteiger partial charge in [-0.3, -0.25) is 4.79 Å². The molecule has 3 aliphatic rings. The minimum Gasteiger partial charge on any atom is -0.394 e. The molecule has 0 aromatic rings. The molecule has 103 heavy (non-hydrogen) atoms. The second kappa shape index (κ2) is 64.8. The number of amides is 1. The van der Waals surface area contributed by atoms with Gasteiger partial charge < -0.3 is 89.9 Å². The van der Waals surface area contributed by atoms with Crippen molar-refractivity contribution in [2.24, 2.45) is 0 Å². The van der Waals surface area contributed by atoms with Gasteiger partial charge in [0.25, 0.3) is 0 Å². The molecule has 0 aromatic carbocycles. The Kier molecular flexibility index (Phi) is 59.9. The van der Waals surface area contributed by atoms with E-state index in [-0.39, 0.29) is 18.9 Å². The van der Waals surface area contributed by atoms with Gasteiger partial charge in [-0.25, -0.2) is 0 Å². The number of aliphatic hydroxyl groups excluding tert-OH is 11. The van der Waals surface area contributed by atoms with Gasteiger partial charge in [-0.05, 0) is 51.4 Å². The first-order valence-electron chi connectivity index (χ1n) is 42.7. The van der Waals surface area contributed by atoms with Crippen LogP contribution < -0.4 is 5.32 Å². The van der Waals surface area contributed by atoms with Crippen molar-refractivity contribution < 1.29 is 89.4 Å². The lowest BCUT2D eigenvalue weighted by atomic mass is 9.96. The van der Waals surface area contributed by atoms with E-state index in [2.05, 4.69) is 43.5 Å². The first-order chi connectivity index (χ1) is 50.3. The number of carbonyl (C=O) groups is 1. The number of unbranched alkanes of at least 4 members (excludes halogenated alkanes) is 49. The van der Waals surface area contributed by atoms with Crippen molar-refractivity contribution in [1.82, 2.24) is 5.32 Å². The molecular formula is C84H157NO18. The van der Waals surface area contributed by atoms with Gasteiger partial charge in [0.05, 0.1) is 38.6 Å². The van der Waals surface area contributed by atoms with E-state index in [1.54, 1.807) is 6.08 Å². The van der Waals surface area contributed by atoms with Crippen LogP contribution in [0.1, 0.15) is 361 Å². The lowest BCUT2D eigenvalue weighted by Crippen LogP contribution is -2.66. The Balaban J connectivity index is 1.30. The van der Waals surface area contributed by atoms with Crippen molar-refractivity contribution >= 4 is 5.91 Å². The molecule has 606 valence electrons. The maximum atomic E-state index is 13.5. The van der Waals surface area contributed by atoms with Crippen molar-refractivity contribution in [2.75, 3.05) is 26.4 Å². The molecule has 0 aromatic heterocycles. The van der Waals surface area contributed by atoms with Crippen LogP contribution in [-0.2, 0) is 33.2 Å². The molecule has 19 nitrogen and oxygen atoms in total. The molecule has 3 rings (SSSR count). The first kappa shape index (κ1) is 95.2. The SMILES string of the molecule is CCCCCCC/C=C\C/C=C\CCCCCCCCCCCCCCCCCCCCCCCCCCCCCC(=O)NC(COC1OC(CO)C(OC2OC(CO)C(OC3OC(CO)C(O)C(O)C3O)C(O)C2O)C(O)C1O)C(O)/C=C/CCCCCCCCCCCCCCCCCCC. The van der Waals surface area contributed by atoms with E-state index >= 15 is 0 Å². The Labute approximate surface area is 625 Å². The second-order valence-electron chi connectivity index (χ2n) is 30.6. The molecule has 0 saturated carbocycles. The van der Waals surface area contributed by atoms with Crippen molar-refractivity contribution in [3.8, 4) is 0 Å². The molecule has 17 atom stereocenters. The topological polar surface area (TPSA) is 307 Å². The predicted octanol–water partition coefficient (Wildman–Crippen LogP) is 15.1. The van der Waals surface area contributed by atoms with E-state index in [4.69, 9.17) is 28.4 Å². The molecule has 3 fully saturated rings. The van der Waals surface area contributed by atoms with Crippen LogP contribution in [0.25, 0.3) is 0 Å². The third-order valence-corrected chi connectivity index (χ3v) is 21.4. The van der Waals surface area contributed by atoms with Crippen LogP contribution in [0.4, 0.5) is 0 Å². The third kappa shape index (κ3) is 44.5. The van der Waals surface area contributed by atoms with Crippen LogP contribution in [0.15, 0.2) is 36.5 Å². The van der Waals surface area contributed by atoms with Crippen LogP contribution in [0.2, 0.25) is 0 Å². The van der Waals surface area contributed by atoms with Crippen molar-refractivity contribution in [2.45, 2.75) is 465 Å². The Morgan fingerprint density at radius 2 is 0.641 bits per heavy atom. The monoisotopic (exact) mass is 1470 g/mol. The van der Waals surface area contributed by atoms with Gasteiger partial charge in [0, 0.05) is 6.42 Å². The minimum absolute atomic E-state index is 0.248. The summed E-state index contributed by atoms with van der Waals surface area (Å²) in [5, 5.41) is 121. The molecule has 0 spiro atoms. The van der Waals surface area contributed by atoms with E-state index in [1.807, 2.05) is 6.08 Å². The lowest BCUT2D eigenvalue weighted by molar-refractivity contribution is -0.379. The number of ether oxygens (including phenoxy) is 6. The van der Waals surface area contributed by atoms with Gasteiger partial charge in [0.1, 0.15) is 73.2 Å². The van der Waals surface area contributed by atoms with E-state index in [1.165, 1.54) is 283 Å². The molecule has 3 saturated heterocycles. The number of hydrogen-bond donors (Lipinski definition) is 12. The zero-order valence-electron chi connectivity index (χ0n) is 65.1. The molecular weight excluding hydrogens is 1310 g/mol. The number of carbonyl (C=O) groups excluding carboxylic acids is 1. The van der Waals surface area contributed by atoms with Gasteiger partial charge in [0.15, 0.2) is 18.9 Å². The summed E-state index contributed by atoms with van der Waals surface area (Å²) in [6.07, 6.45) is 54.4. The normalized spacial score (nSPS) is 26.2. The molecule has 0 radical (unpaired) electrons. The summed E-state index contributed by atoms with van der Waals surface area (Å²) in [6, 6.07) is -0.972. The molecule has 3 heterocycles. The number of hydrogen-bond acceptors (Lipinski definition) is 18. The Morgan fingerprint density at radius 1 is 0.350 bits per heavy atom. The quantitative estimate of drug-likeness (QED) is 0.0199. The Hall–Kier alpha value is -1.99. The van der Waals surface area contributed by atoms with Gasteiger partial charge >= 0.3 is 0 Å². The van der Waals surface area contributed by atoms with Crippen LogP contribution in [-0.4, -0.2) is 193 Å². The van der Waals surface area contributed by atoms with E-state index in [9.17, 15) is 61.0 Å². The summed E-state index contributed by atoms with van der Waals surface area (Å²) in [4.78, 5) is 13.5. The summed E-state index contributed by atoms with van der Waals surface area (Å²) in [6.45, 7) is 1.78. The molecule has 1 amide bonds. The summed E-state index contributed by atoms with van der Waals surface area (Å²) >= 11 is 0. The first-order valence-corrected chi connectivity index (χ1v) is 42.7. The standard InChI is InChI=1S/C84H157NO18/c1-3-5-7-9-11-13-15-17-19-21-23-24-25-26-27-28-29-30-31-32-33-34-35-36-37-38-39-40-41-42-44-46-48-50-52-54-56-58-60-62-72(90)85-67(68(89)61-59-57-55-53-51-49-47-45-43-22-20-18-16-14-12-10-8-6-4-2)66-98-82-78(96)75(93)80(70(64-87)100-82)103-84-79(97)76(94)81(71(65-88)101-84)102-83-77(95)74(92)73(91)69(63-86)99-83/h15,17,21,23,59,61,67-71,73-84,86-89,91-97H,3-14,16,18-20,22,24-58,60,62-66H2,1-2H3,(H,85,90)/b17-15-,23-21-,61-59+. The second-order valence-corrected chi connectivity index (χ2v) is 30.6. The average Bonchev–Trinajstić information content (AvgIpc) is 0.781. The number of rotatable bonds is 69. The highest BCUT2D eigenvalue weighted by molar-refractivity contribution is 5.76. The maximum absolute atomic E-state index is 13.5. The van der Waals surface area contributed by atoms with Crippen molar-refractivity contribution in [3.05, 3.63) is 36.5 Å². The van der Waals surface area contributed by atoms with Crippen molar-refractivity contribution in [1.29, 1.82) is 0 Å². The van der Waals surface area contributed by atoms with Gasteiger partial charge in [-0.1, -0.05) is 339 Å². The molecule has 3 aliphatic heterocycles. The van der Waals surface area contributed by atoms with E-state index < -0.39 is 124 Å². The molecule has 0 bridgehead atoms. The van der Waals surface area contributed by atoms with Crippen LogP contribution in [0.5, 0.6) is 0 Å². The van der Waals surface area contributed by atoms with E-state index in [0.717, 1.165) is 51.4 Å². The number of nitrogens with one attached hydrogen (secondary N) is 1. The van der Waals surface area contributed by atoms with Crippen LogP contribution >= 0.6 is 0 Å². The third-order valence-electron chi connectivity index (χ3n) is 21.4. The molecule has 19 heteroatoms. The minimum atomic E-state index is -1.98. The summed E-state index contributed by atoms with van der Waals surface area (Å²) < 4.78 is 34.5. The fourth-order valence-corrected chi connectivity index (χ4v) is 14.6. The largest absolute Gasteiger partial charge is 0.394 e. The van der Waals surface area contributed by atoms with Gasteiger partial charge in [-0.2, -0.15) is 0 Å². The fraction of sp³-hybridized carbons (Fsp3) is 0.917. The highest BCUT2D eigenvalue weighted by atomic mass is 16.8. The Bertz CT molecular complexity index is 2000. The average molecular weight is 1470 g/mol. The van der Waals surface area contributed by atoms with Crippen molar-refractivity contribution in [3.63, 3.8) is 0 Å². The predicted molar refractivity (Wildman–Crippen MR) is 411 cm³/mol. The fourth-order valence-electron chi connectivity index (χ4n) is 14.6.